The van der Waals surface area contributed by atoms with Crippen LogP contribution in [-0.2, 0) is 20.7 Å². The van der Waals surface area contributed by atoms with Gasteiger partial charge in [0.2, 0.25) is 5.91 Å². The Labute approximate surface area is 143 Å². The van der Waals surface area contributed by atoms with Crippen LogP contribution >= 0.6 is 0 Å². The first kappa shape index (κ1) is 18.3. The molecule has 1 fully saturated rings. The van der Waals surface area contributed by atoms with Crippen LogP contribution in [0.3, 0.4) is 0 Å². The van der Waals surface area contributed by atoms with Crippen molar-refractivity contribution in [3.63, 3.8) is 0 Å². The Bertz CT molecular complexity index is 618. The van der Waals surface area contributed by atoms with Crippen LogP contribution in [-0.4, -0.2) is 43.1 Å². The van der Waals surface area contributed by atoms with E-state index in [0.29, 0.717) is 12.2 Å². The molecular weight excluding hydrogens is 306 g/mol. The topological polar surface area (TPSA) is 55.8 Å². The largest absolute Gasteiger partial charge is 0.496 e. The fraction of sp³-hybridized carbons (Fsp3) is 0.579. The predicted molar refractivity (Wildman–Crippen MR) is 92.2 cm³/mol. The third-order valence-corrected chi connectivity index (χ3v) is 4.20. The second-order valence-electron chi connectivity index (χ2n) is 7.34. The van der Waals surface area contributed by atoms with E-state index in [1.165, 1.54) is 0 Å². The zero-order valence-corrected chi connectivity index (χ0v) is 15.2. The molecule has 1 aromatic rings. The Morgan fingerprint density at radius 1 is 1.33 bits per heavy atom. The molecule has 5 heteroatoms. The number of hydrogen-bond acceptors (Lipinski definition) is 4. The number of rotatable bonds is 4. The Hall–Kier alpha value is -2.04. The normalized spacial score (nSPS) is 18.5. The average molecular weight is 333 g/mol. The molecule has 0 aliphatic carbocycles. The number of esters is 1. The van der Waals surface area contributed by atoms with Gasteiger partial charge < -0.3 is 14.4 Å². The van der Waals surface area contributed by atoms with Crippen LogP contribution in [0, 0.1) is 0 Å². The molecule has 0 N–H and O–H groups in total. The second kappa shape index (κ2) is 7.24. The van der Waals surface area contributed by atoms with Crippen molar-refractivity contribution in [1.29, 1.82) is 0 Å². The van der Waals surface area contributed by atoms with E-state index in [1.807, 2.05) is 46.0 Å². The lowest BCUT2D eigenvalue weighted by Crippen LogP contribution is -2.34. The number of methoxy groups -OCH3 is 1. The predicted octanol–water partition coefficient (Wildman–Crippen LogP) is 2.92. The first-order valence-corrected chi connectivity index (χ1v) is 8.32. The third kappa shape index (κ3) is 4.73. The van der Waals surface area contributed by atoms with Gasteiger partial charge in [-0.3, -0.25) is 9.59 Å². The fourth-order valence-corrected chi connectivity index (χ4v) is 2.92. The van der Waals surface area contributed by atoms with Gasteiger partial charge in [-0.25, -0.2) is 0 Å². The van der Waals surface area contributed by atoms with Crippen LogP contribution in [0.5, 0.6) is 5.75 Å². The van der Waals surface area contributed by atoms with Crippen molar-refractivity contribution >= 4 is 11.9 Å². The van der Waals surface area contributed by atoms with Gasteiger partial charge in [0, 0.05) is 25.6 Å². The van der Waals surface area contributed by atoms with Crippen molar-refractivity contribution in [3.8, 4) is 5.75 Å². The molecule has 5 nitrogen and oxygen atoms in total. The maximum Gasteiger partial charge on any atom is 0.310 e. The van der Waals surface area contributed by atoms with Crippen LogP contribution in [0.25, 0.3) is 0 Å². The number of amides is 1. The first-order chi connectivity index (χ1) is 11.2. The summed E-state index contributed by atoms with van der Waals surface area (Å²) >= 11 is 0. The summed E-state index contributed by atoms with van der Waals surface area (Å²) in [5.41, 5.74) is 1.38. The number of carbonyl (C=O) groups is 2. The summed E-state index contributed by atoms with van der Waals surface area (Å²) in [6.07, 6.45) is 1.63. The van der Waals surface area contributed by atoms with Gasteiger partial charge in [0.25, 0.3) is 0 Å². The zero-order valence-electron chi connectivity index (χ0n) is 15.2. The maximum absolute atomic E-state index is 12.0. The minimum Gasteiger partial charge on any atom is -0.496 e. The van der Waals surface area contributed by atoms with Crippen molar-refractivity contribution in [3.05, 3.63) is 29.3 Å². The molecule has 1 atom stereocenters. The molecule has 0 radical (unpaired) electrons. The lowest BCUT2D eigenvalue weighted by Gasteiger charge is -2.29. The Morgan fingerprint density at radius 3 is 2.62 bits per heavy atom. The van der Waals surface area contributed by atoms with Crippen LogP contribution in [0.4, 0.5) is 0 Å². The Morgan fingerprint density at radius 2 is 2.04 bits per heavy atom. The standard InChI is InChI=1S/C19H27NO4/c1-19(2,3)24-18(22)12-15-7-6-13(10-16(15)23-5)14-8-9-20(4)17(21)11-14/h6-7,10,14H,8-9,11-12H2,1-5H3. The molecule has 0 aromatic heterocycles. The van der Waals surface area contributed by atoms with E-state index >= 15 is 0 Å². The first-order valence-electron chi connectivity index (χ1n) is 8.32. The number of piperidine rings is 1. The Kier molecular flexibility index (Phi) is 5.52. The lowest BCUT2D eigenvalue weighted by atomic mass is 9.88. The minimum absolute atomic E-state index is 0.169. The van der Waals surface area contributed by atoms with Gasteiger partial charge in [-0.15, -0.1) is 0 Å². The van der Waals surface area contributed by atoms with Gasteiger partial charge >= 0.3 is 5.97 Å². The molecule has 132 valence electrons. The summed E-state index contributed by atoms with van der Waals surface area (Å²) in [5, 5.41) is 0. The SMILES string of the molecule is COc1cc(C2CCN(C)C(=O)C2)ccc1CC(=O)OC(C)(C)C. The number of ether oxygens (including phenoxy) is 2. The number of hydrogen-bond donors (Lipinski definition) is 0. The summed E-state index contributed by atoms with van der Waals surface area (Å²) in [7, 11) is 3.43. The molecule has 1 heterocycles. The summed E-state index contributed by atoms with van der Waals surface area (Å²) in [6, 6.07) is 5.84. The maximum atomic E-state index is 12.0. The van der Waals surface area contributed by atoms with E-state index in [1.54, 1.807) is 12.0 Å². The van der Waals surface area contributed by atoms with Crippen LogP contribution in [0.15, 0.2) is 18.2 Å². The minimum atomic E-state index is -0.501. The molecule has 1 saturated heterocycles. The summed E-state index contributed by atoms with van der Waals surface area (Å²) < 4.78 is 10.8. The highest BCUT2D eigenvalue weighted by Crippen LogP contribution is 2.32. The Balaban J connectivity index is 2.13. The highest BCUT2D eigenvalue weighted by molar-refractivity contribution is 5.78. The molecule has 1 unspecified atom stereocenters. The average Bonchev–Trinajstić information content (AvgIpc) is 2.48. The number of nitrogens with zero attached hydrogens (tertiary/aromatic N) is 1. The van der Waals surface area contributed by atoms with E-state index in [9.17, 15) is 9.59 Å². The van der Waals surface area contributed by atoms with Gasteiger partial charge in [-0.1, -0.05) is 12.1 Å². The molecule has 1 aromatic carbocycles. The molecule has 0 bridgehead atoms. The van der Waals surface area contributed by atoms with E-state index in [-0.39, 0.29) is 24.2 Å². The lowest BCUT2D eigenvalue weighted by molar-refractivity contribution is -0.154. The molecule has 1 aliphatic rings. The van der Waals surface area contributed by atoms with Crippen molar-refractivity contribution in [2.75, 3.05) is 20.7 Å². The van der Waals surface area contributed by atoms with E-state index in [2.05, 4.69) is 0 Å². The molecular formula is C19H27NO4. The van der Waals surface area contributed by atoms with Gasteiger partial charge in [0.05, 0.1) is 13.5 Å². The zero-order chi connectivity index (χ0) is 17.9. The van der Waals surface area contributed by atoms with E-state index in [0.717, 1.165) is 24.1 Å². The second-order valence-corrected chi connectivity index (χ2v) is 7.34. The third-order valence-electron chi connectivity index (χ3n) is 4.20. The van der Waals surface area contributed by atoms with Crippen molar-refractivity contribution in [2.24, 2.45) is 0 Å². The molecule has 24 heavy (non-hydrogen) atoms. The molecule has 0 spiro atoms. The van der Waals surface area contributed by atoms with Gasteiger partial charge in [-0.2, -0.15) is 0 Å². The summed E-state index contributed by atoms with van der Waals surface area (Å²) in [5.74, 6) is 0.772. The molecule has 0 saturated carbocycles. The van der Waals surface area contributed by atoms with E-state index in [4.69, 9.17) is 9.47 Å². The molecule has 1 amide bonds. The highest BCUT2D eigenvalue weighted by Gasteiger charge is 2.25. The number of benzene rings is 1. The summed E-state index contributed by atoms with van der Waals surface area (Å²) in [4.78, 5) is 25.7. The van der Waals surface area contributed by atoms with Gasteiger partial charge in [-0.05, 0) is 44.7 Å². The van der Waals surface area contributed by atoms with Crippen molar-refractivity contribution in [1.82, 2.24) is 4.90 Å². The number of likely N-dealkylation sites (tertiary alicyclic amines) is 1. The smallest absolute Gasteiger partial charge is 0.310 e. The van der Waals surface area contributed by atoms with Gasteiger partial charge in [0.1, 0.15) is 11.4 Å². The fourth-order valence-electron chi connectivity index (χ4n) is 2.92. The van der Waals surface area contributed by atoms with Crippen LogP contribution in [0.2, 0.25) is 0 Å². The monoisotopic (exact) mass is 333 g/mol. The van der Waals surface area contributed by atoms with E-state index < -0.39 is 5.60 Å². The number of carbonyl (C=O) groups excluding carboxylic acids is 2. The highest BCUT2D eigenvalue weighted by atomic mass is 16.6. The van der Waals surface area contributed by atoms with Gasteiger partial charge in [0.15, 0.2) is 0 Å². The summed E-state index contributed by atoms with van der Waals surface area (Å²) in [6.45, 7) is 6.32. The quantitative estimate of drug-likeness (QED) is 0.795. The van der Waals surface area contributed by atoms with Crippen molar-refractivity contribution in [2.45, 2.75) is 51.6 Å². The molecule has 2 rings (SSSR count). The van der Waals surface area contributed by atoms with Crippen LogP contribution in [0.1, 0.15) is 50.7 Å². The van der Waals surface area contributed by atoms with Crippen molar-refractivity contribution < 1.29 is 19.1 Å². The van der Waals surface area contributed by atoms with Crippen LogP contribution < -0.4 is 4.74 Å². The molecule has 1 aliphatic heterocycles.